The number of rotatable bonds is 5. The molecule has 1 aliphatic rings. The number of carbonyl (C=O) groups is 2. The average Bonchev–Trinajstić information content (AvgIpc) is 2.53. The minimum atomic E-state index is -3.69. The van der Waals surface area contributed by atoms with Gasteiger partial charge in [-0.05, 0) is 25.0 Å². The van der Waals surface area contributed by atoms with E-state index in [0.717, 1.165) is 0 Å². The summed E-state index contributed by atoms with van der Waals surface area (Å²) in [6.07, 6.45) is 1.04. The fourth-order valence-corrected chi connectivity index (χ4v) is 3.36. The van der Waals surface area contributed by atoms with Gasteiger partial charge in [0.05, 0.1) is 11.4 Å². The molecule has 0 radical (unpaired) electrons. The molecule has 1 fully saturated rings. The second-order valence-corrected chi connectivity index (χ2v) is 6.96. The van der Waals surface area contributed by atoms with Crippen molar-refractivity contribution in [3.63, 3.8) is 0 Å². The van der Waals surface area contributed by atoms with Crippen LogP contribution in [0.2, 0.25) is 0 Å². The molecule has 1 aromatic rings. The Balaban J connectivity index is 1.87. The third-order valence-corrected chi connectivity index (χ3v) is 5.13. The van der Waals surface area contributed by atoms with E-state index in [4.69, 9.17) is 5.73 Å². The van der Waals surface area contributed by atoms with Crippen LogP contribution in [0.15, 0.2) is 35.2 Å². The number of amides is 2. The maximum atomic E-state index is 12.0. The Kier molecular flexibility index (Phi) is 5.15. The smallest absolute Gasteiger partial charge is 0.241 e. The van der Waals surface area contributed by atoms with E-state index in [0.29, 0.717) is 25.9 Å². The fraction of sp³-hybridized carbons (Fsp3) is 0.429. The minimum absolute atomic E-state index is 0.121. The second kappa shape index (κ2) is 6.89. The van der Waals surface area contributed by atoms with Crippen LogP contribution in [0.25, 0.3) is 0 Å². The highest BCUT2D eigenvalue weighted by Crippen LogP contribution is 2.16. The average molecular weight is 325 g/mol. The minimum Gasteiger partial charge on any atom is -0.369 e. The predicted molar refractivity (Wildman–Crippen MR) is 80.1 cm³/mol. The standard InChI is InChI=1S/C14H19N3O4S/c15-14(19)11-6-8-17(9-7-11)13(18)10-16-22(20,21)12-4-2-1-3-5-12/h1-5,11,16H,6-10H2,(H2,15,19). The van der Waals surface area contributed by atoms with Crippen LogP contribution in [0.5, 0.6) is 0 Å². The van der Waals surface area contributed by atoms with E-state index in [1.807, 2.05) is 0 Å². The molecule has 1 heterocycles. The number of nitrogens with two attached hydrogens (primary N) is 1. The van der Waals surface area contributed by atoms with Crippen LogP contribution in [0.1, 0.15) is 12.8 Å². The largest absolute Gasteiger partial charge is 0.369 e. The summed E-state index contributed by atoms with van der Waals surface area (Å²) in [5.74, 6) is -0.857. The van der Waals surface area contributed by atoms with Crippen molar-refractivity contribution < 1.29 is 18.0 Å². The number of likely N-dealkylation sites (tertiary alicyclic amines) is 1. The SMILES string of the molecule is NC(=O)C1CCN(C(=O)CNS(=O)(=O)c2ccccc2)CC1. The molecule has 0 saturated carbocycles. The van der Waals surface area contributed by atoms with Crippen molar-refractivity contribution in [2.75, 3.05) is 19.6 Å². The van der Waals surface area contributed by atoms with Crippen molar-refractivity contribution in [2.24, 2.45) is 11.7 Å². The van der Waals surface area contributed by atoms with Crippen LogP contribution in [0.3, 0.4) is 0 Å². The molecule has 2 rings (SSSR count). The van der Waals surface area contributed by atoms with E-state index in [2.05, 4.69) is 4.72 Å². The molecule has 0 aliphatic carbocycles. The van der Waals surface area contributed by atoms with E-state index in [1.54, 1.807) is 23.1 Å². The van der Waals surface area contributed by atoms with Gasteiger partial charge in [-0.15, -0.1) is 0 Å². The lowest BCUT2D eigenvalue weighted by atomic mass is 9.96. The molecule has 0 atom stereocenters. The molecule has 0 unspecified atom stereocenters. The van der Waals surface area contributed by atoms with Crippen LogP contribution in [0.4, 0.5) is 0 Å². The first kappa shape index (κ1) is 16.4. The van der Waals surface area contributed by atoms with Gasteiger partial charge in [0.2, 0.25) is 21.8 Å². The molecule has 1 saturated heterocycles. The van der Waals surface area contributed by atoms with Gasteiger partial charge in [-0.1, -0.05) is 18.2 Å². The molecular weight excluding hydrogens is 306 g/mol. The highest BCUT2D eigenvalue weighted by molar-refractivity contribution is 7.89. The highest BCUT2D eigenvalue weighted by Gasteiger charge is 2.26. The number of primary amides is 1. The lowest BCUT2D eigenvalue weighted by Crippen LogP contribution is -2.45. The number of hydrogen-bond acceptors (Lipinski definition) is 4. The van der Waals surface area contributed by atoms with Crippen molar-refractivity contribution in [3.8, 4) is 0 Å². The first-order chi connectivity index (χ1) is 10.4. The molecule has 7 nitrogen and oxygen atoms in total. The fourth-order valence-electron chi connectivity index (χ4n) is 2.36. The number of benzene rings is 1. The first-order valence-electron chi connectivity index (χ1n) is 7.02. The van der Waals surface area contributed by atoms with Gasteiger partial charge >= 0.3 is 0 Å². The van der Waals surface area contributed by atoms with Gasteiger partial charge < -0.3 is 10.6 Å². The molecule has 8 heteroatoms. The van der Waals surface area contributed by atoms with Crippen molar-refractivity contribution in [2.45, 2.75) is 17.7 Å². The van der Waals surface area contributed by atoms with Crippen molar-refractivity contribution in [1.29, 1.82) is 0 Å². The third-order valence-electron chi connectivity index (χ3n) is 3.72. The zero-order valence-electron chi connectivity index (χ0n) is 12.1. The lowest BCUT2D eigenvalue weighted by Gasteiger charge is -2.30. The molecule has 2 amide bonds. The molecular formula is C14H19N3O4S. The monoisotopic (exact) mass is 325 g/mol. The van der Waals surface area contributed by atoms with Crippen LogP contribution in [-0.2, 0) is 19.6 Å². The van der Waals surface area contributed by atoms with Crippen LogP contribution >= 0.6 is 0 Å². The highest BCUT2D eigenvalue weighted by atomic mass is 32.2. The first-order valence-corrected chi connectivity index (χ1v) is 8.50. The predicted octanol–water partition coefficient (Wildman–Crippen LogP) is -0.311. The number of nitrogens with zero attached hydrogens (tertiary/aromatic N) is 1. The number of nitrogens with one attached hydrogen (secondary N) is 1. The van der Waals surface area contributed by atoms with Gasteiger partial charge in [-0.3, -0.25) is 9.59 Å². The van der Waals surface area contributed by atoms with Gasteiger partial charge in [0.25, 0.3) is 0 Å². The van der Waals surface area contributed by atoms with Crippen molar-refractivity contribution in [3.05, 3.63) is 30.3 Å². The van der Waals surface area contributed by atoms with Gasteiger partial charge in [0.1, 0.15) is 0 Å². The molecule has 22 heavy (non-hydrogen) atoms. The van der Waals surface area contributed by atoms with Crippen LogP contribution in [0, 0.1) is 5.92 Å². The number of piperidine rings is 1. The van der Waals surface area contributed by atoms with Crippen molar-refractivity contribution in [1.82, 2.24) is 9.62 Å². The summed E-state index contributed by atoms with van der Waals surface area (Å²) in [5.41, 5.74) is 5.23. The summed E-state index contributed by atoms with van der Waals surface area (Å²) < 4.78 is 26.3. The molecule has 1 aliphatic heterocycles. The molecule has 3 N–H and O–H groups in total. The Morgan fingerprint density at radius 2 is 1.77 bits per heavy atom. The topological polar surface area (TPSA) is 110 Å². The van der Waals surface area contributed by atoms with Crippen LogP contribution in [-0.4, -0.2) is 44.8 Å². The van der Waals surface area contributed by atoms with E-state index >= 15 is 0 Å². The molecule has 0 bridgehead atoms. The molecule has 1 aromatic carbocycles. The Morgan fingerprint density at radius 1 is 1.18 bits per heavy atom. The van der Waals surface area contributed by atoms with E-state index in [-0.39, 0.29) is 29.2 Å². The Morgan fingerprint density at radius 3 is 2.32 bits per heavy atom. The Labute approximate surface area is 129 Å². The molecule has 0 spiro atoms. The van der Waals surface area contributed by atoms with Gasteiger partial charge in [0, 0.05) is 19.0 Å². The quantitative estimate of drug-likeness (QED) is 0.773. The molecule has 120 valence electrons. The summed E-state index contributed by atoms with van der Waals surface area (Å²) in [5, 5.41) is 0. The Bertz CT molecular complexity index is 637. The van der Waals surface area contributed by atoms with Gasteiger partial charge in [-0.2, -0.15) is 0 Å². The number of carbonyl (C=O) groups excluding carboxylic acids is 2. The molecule has 0 aromatic heterocycles. The maximum absolute atomic E-state index is 12.0. The summed E-state index contributed by atoms with van der Waals surface area (Å²) in [4.78, 5) is 24.8. The van der Waals surface area contributed by atoms with Crippen LogP contribution < -0.4 is 10.5 Å². The maximum Gasteiger partial charge on any atom is 0.241 e. The van der Waals surface area contributed by atoms with Gasteiger partial charge in [-0.25, -0.2) is 13.1 Å². The lowest BCUT2D eigenvalue weighted by molar-refractivity contribution is -0.133. The Hall–Kier alpha value is -1.93. The zero-order valence-corrected chi connectivity index (χ0v) is 12.9. The second-order valence-electron chi connectivity index (χ2n) is 5.20. The number of hydrogen-bond donors (Lipinski definition) is 2. The van der Waals surface area contributed by atoms with E-state index in [1.165, 1.54) is 12.1 Å². The summed E-state index contributed by atoms with van der Waals surface area (Å²) in [6, 6.07) is 7.87. The van der Waals surface area contributed by atoms with E-state index < -0.39 is 10.0 Å². The van der Waals surface area contributed by atoms with Crippen molar-refractivity contribution >= 4 is 21.8 Å². The summed E-state index contributed by atoms with van der Waals surface area (Å²) >= 11 is 0. The zero-order chi connectivity index (χ0) is 16.2. The third kappa shape index (κ3) is 4.05. The summed E-state index contributed by atoms with van der Waals surface area (Å²) in [6.45, 7) is 0.539. The van der Waals surface area contributed by atoms with Gasteiger partial charge in [0.15, 0.2) is 0 Å². The number of sulfonamides is 1. The summed E-state index contributed by atoms with van der Waals surface area (Å²) in [7, 11) is -3.69. The normalized spacial score (nSPS) is 16.5. The van der Waals surface area contributed by atoms with E-state index in [9.17, 15) is 18.0 Å².